The maximum absolute atomic E-state index is 9.91. The third-order valence-corrected chi connectivity index (χ3v) is 2.73. The van der Waals surface area contributed by atoms with Crippen LogP contribution in [0.5, 0.6) is 11.5 Å². The van der Waals surface area contributed by atoms with Crippen molar-refractivity contribution in [3.8, 4) is 11.5 Å². The van der Waals surface area contributed by atoms with E-state index < -0.39 is 0 Å². The summed E-state index contributed by atoms with van der Waals surface area (Å²) in [4.78, 5) is 0. The highest BCUT2D eigenvalue weighted by Crippen LogP contribution is 2.39. The van der Waals surface area contributed by atoms with Crippen LogP contribution < -0.4 is 10.5 Å². The van der Waals surface area contributed by atoms with Crippen LogP contribution in [0.15, 0.2) is 6.07 Å². The van der Waals surface area contributed by atoms with Crippen molar-refractivity contribution in [3.05, 3.63) is 17.2 Å². The van der Waals surface area contributed by atoms with Gasteiger partial charge in [0.2, 0.25) is 0 Å². The van der Waals surface area contributed by atoms with Gasteiger partial charge in [0.15, 0.2) is 11.5 Å². The lowest BCUT2D eigenvalue weighted by Gasteiger charge is -2.15. The molecule has 0 saturated heterocycles. The quantitative estimate of drug-likeness (QED) is 0.509. The molecule has 84 valence electrons. The first-order valence-corrected chi connectivity index (χ1v) is 6.50. The lowest BCUT2D eigenvalue weighted by atomic mass is 10.0. The molecule has 1 rings (SSSR count). The normalized spacial score (nSPS) is 10.3. The predicted molar refractivity (Wildman–Crippen MR) is 70.8 cm³/mol. The fourth-order valence-corrected chi connectivity index (χ4v) is 1.85. The van der Waals surface area contributed by atoms with E-state index in [-0.39, 0.29) is 5.75 Å². The molecule has 3 nitrogen and oxygen atoms in total. The molecule has 1 aromatic carbocycles. The van der Waals surface area contributed by atoms with Crippen molar-refractivity contribution in [1.82, 2.24) is 0 Å². The van der Waals surface area contributed by atoms with Crippen LogP contribution in [0.3, 0.4) is 0 Å². The third-order valence-electron chi connectivity index (χ3n) is 2.42. The van der Waals surface area contributed by atoms with Crippen LogP contribution in [0, 0.1) is 0 Å². The Hall–Kier alpha value is -0.650. The summed E-state index contributed by atoms with van der Waals surface area (Å²) in [7, 11) is 0. The zero-order valence-electron chi connectivity index (χ0n) is 9.01. The molecule has 3 N–H and O–H groups in total. The summed E-state index contributed by atoms with van der Waals surface area (Å²) in [5, 5.41) is 9.91. The second-order valence-electron chi connectivity index (χ2n) is 3.25. The summed E-state index contributed by atoms with van der Waals surface area (Å²) in [6.07, 6.45) is 1.62. The molecule has 0 spiro atoms. The number of halogens is 1. The van der Waals surface area contributed by atoms with Gasteiger partial charge >= 0.3 is 0 Å². The first-order chi connectivity index (χ1) is 7.15. The number of aryl methyl sites for hydroxylation is 2. The first-order valence-electron chi connectivity index (χ1n) is 4.97. The molecule has 0 aliphatic heterocycles. The number of ether oxygens (including phenoxy) is 1. The first kappa shape index (κ1) is 12.4. The number of phenols is 1. The Morgan fingerprint density at radius 1 is 1.33 bits per heavy atom. The molecule has 0 amide bonds. The minimum atomic E-state index is 0.184. The molecule has 0 radical (unpaired) electrons. The van der Waals surface area contributed by atoms with Gasteiger partial charge in [-0.3, -0.25) is 0 Å². The Bertz CT molecular complexity index is 325. The Kier molecular flexibility index (Phi) is 4.50. The zero-order valence-corrected chi connectivity index (χ0v) is 11.2. The van der Waals surface area contributed by atoms with E-state index in [1.165, 1.54) is 0 Å². The maximum atomic E-state index is 9.91. The Labute approximate surface area is 104 Å². The van der Waals surface area contributed by atoms with E-state index in [0.29, 0.717) is 16.1 Å². The molecule has 4 heteroatoms. The fourth-order valence-electron chi connectivity index (χ4n) is 1.54. The number of aromatic hydroxyl groups is 1. The number of rotatable bonds is 4. The van der Waals surface area contributed by atoms with Crippen molar-refractivity contribution in [2.75, 3.05) is 10.3 Å². The lowest BCUT2D eigenvalue weighted by molar-refractivity contribution is 0.365. The number of nitrogens with two attached hydrogens (primary N) is 1. The monoisotopic (exact) mass is 321 g/mol. The Balaban J connectivity index is 3.32. The van der Waals surface area contributed by atoms with Crippen molar-refractivity contribution in [1.29, 1.82) is 0 Å². The van der Waals surface area contributed by atoms with Gasteiger partial charge in [0.05, 0.1) is 5.69 Å². The van der Waals surface area contributed by atoms with E-state index in [9.17, 15) is 5.11 Å². The van der Waals surface area contributed by atoms with Gasteiger partial charge in [0, 0.05) is 0 Å². The fraction of sp³-hybridized carbons (Fsp3) is 0.455. The molecule has 0 fully saturated rings. The Morgan fingerprint density at radius 3 is 2.40 bits per heavy atom. The number of nitrogen functional groups attached to an aromatic ring is 1. The van der Waals surface area contributed by atoms with Crippen LogP contribution in [-0.4, -0.2) is 9.72 Å². The number of alkyl halides is 1. The van der Waals surface area contributed by atoms with Crippen LogP contribution in [0.4, 0.5) is 5.69 Å². The van der Waals surface area contributed by atoms with Gasteiger partial charge in [0.1, 0.15) is 4.61 Å². The second kappa shape index (κ2) is 5.44. The van der Waals surface area contributed by atoms with Gasteiger partial charge in [-0.05, 0) is 52.6 Å². The number of benzene rings is 1. The van der Waals surface area contributed by atoms with E-state index >= 15 is 0 Å². The number of phenolic OH excluding ortho intramolecular Hbond substituents is 1. The average molecular weight is 321 g/mol. The van der Waals surface area contributed by atoms with Gasteiger partial charge < -0.3 is 15.6 Å². The van der Waals surface area contributed by atoms with E-state index in [2.05, 4.69) is 22.6 Å². The summed E-state index contributed by atoms with van der Waals surface area (Å²) in [6, 6.07) is 1.95. The molecule has 0 heterocycles. The summed E-state index contributed by atoms with van der Waals surface area (Å²) >= 11 is 2.08. The highest BCUT2D eigenvalue weighted by molar-refractivity contribution is 14.1. The van der Waals surface area contributed by atoms with Crippen LogP contribution in [0.2, 0.25) is 0 Å². The molecule has 0 atom stereocenters. The summed E-state index contributed by atoms with van der Waals surface area (Å²) in [5.74, 6) is 0.615. The molecule has 1 aromatic rings. The molecule has 0 aliphatic rings. The molecule has 15 heavy (non-hydrogen) atoms. The third kappa shape index (κ3) is 2.48. The summed E-state index contributed by atoms with van der Waals surface area (Å²) in [6.45, 7) is 4.04. The van der Waals surface area contributed by atoms with E-state index in [1.54, 1.807) is 0 Å². The molecular formula is C11H16INO2. The number of hydrogen-bond donors (Lipinski definition) is 2. The average Bonchev–Trinajstić information content (AvgIpc) is 2.25. The van der Waals surface area contributed by atoms with Gasteiger partial charge in [-0.2, -0.15) is 0 Å². The molecule has 0 bridgehead atoms. The van der Waals surface area contributed by atoms with Crippen molar-refractivity contribution in [3.63, 3.8) is 0 Å². The van der Waals surface area contributed by atoms with Crippen molar-refractivity contribution >= 4 is 28.3 Å². The standard InChI is InChI=1S/C11H16INO2/c1-3-7-5-8(4-2)10(14)11(9(7)13)15-6-12/h5,14H,3-4,6,13H2,1-2H3. The van der Waals surface area contributed by atoms with E-state index in [1.807, 2.05) is 19.9 Å². The van der Waals surface area contributed by atoms with E-state index in [0.717, 1.165) is 24.0 Å². The van der Waals surface area contributed by atoms with Gasteiger partial charge in [-0.25, -0.2) is 0 Å². The smallest absolute Gasteiger partial charge is 0.185 e. The van der Waals surface area contributed by atoms with Gasteiger partial charge in [-0.1, -0.05) is 13.8 Å². The van der Waals surface area contributed by atoms with Crippen LogP contribution in [-0.2, 0) is 12.8 Å². The lowest BCUT2D eigenvalue weighted by Crippen LogP contribution is -2.01. The number of hydrogen-bond acceptors (Lipinski definition) is 3. The van der Waals surface area contributed by atoms with Crippen molar-refractivity contribution < 1.29 is 9.84 Å². The van der Waals surface area contributed by atoms with E-state index in [4.69, 9.17) is 10.5 Å². The molecule has 0 unspecified atom stereocenters. The minimum absolute atomic E-state index is 0.184. The largest absolute Gasteiger partial charge is 0.504 e. The van der Waals surface area contributed by atoms with Crippen LogP contribution in [0.25, 0.3) is 0 Å². The van der Waals surface area contributed by atoms with Crippen LogP contribution in [0.1, 0.15) is 25.0 Å². The van der Waals surface area contributed by atoms with Crippen molar-refractivity contribution in [2.45, 2.75) is 26.7 Å². The topological polar surface area (TPSA) is 55.5 Å². The summed E-state index contributed by atoms with van der Waals surface area (Å²) in [5.41, 5.74) is 8.40. The van der Waals surface area contributed by atoms with Crippen molar-refractivity contribution in [2.24, 2.45) is 0 Å². The minimum Gasteiger partial charge on any atom is -0.504 e. The molecule has 0 aliphatic carbocycles. The predicted octanol–water partition coefficient (Wildman–Crippen LogP) is 2.87. The Morgan fingerprint density at radius 2 is 1.93 bits per heavy atom. The van der Waals surface area contributed by atoms with Gasteiger partial charge in [0.25, 0.3) is 0 Å². The number of anilines is 1. The van der Waals surface area contributed by atoms with Crippen LogP contribution >= 0.6 is 22.6 Å². The molecular weight excluding hydrogens is 305 g/mol. The zero-order chi connectivity index (χ0) is 11.4. The highest BCUT2D eigenvalue weighted by Gasteiger charge is 2.14. The molecule has 0 saturated carbocycles. The summed E-state index contributed by atoms with van der Waals surface area (Å²) < 4.78 is 5.84. The SMILES string of the molecule is CCc1cc(CC)c(O)c(OCI)c1N. The maximum Gasteiger partial charge on any atom is 0.185 e. The molecule has 0 aromatic heterocycles. The second-order valence-corrected chi connectivity index (χ2v) is 3.87. The van der Waals surface area contributed by atoms with Gasteiger partial charge in [-0.15, -0.1) is 0 Å². The highest BCUT2D eigenvalue weighted by atomic mass is 127.